The van der Waals surface area contributed by atoms with Crippen LogP contribution in [0.3, 0.4) is 0 Å². The van der Waals surface area contributed by atoms with Gasteiger partial charge in [0.05, 0.1) is 13.2 Å². The molecule has 0 amide bonds. The number of nitrogens with two attached hydrogens (primary N) is 1. The molecule has 0 aromatic carbocycles. The number of fused-ring (bicyclic) bond motifs is 2. The van der Waals surface area contributed by atoms with Crippen LogP contribution in [0.5, 0.6) is 0 Å². The number of hydrogen-bond donors (Lipinski definition) is 1. The maximum absolute atomic E-state index is 6.06. The topological polar surface area (TPSA) is 44.5 Å². The zero-order chi connectivity index (χ0) is 12.1. The molecule has 0 aromatic heterocycles. The average molecular weight is 241 g/mol. The number of ether oxygens (including phenoxy) is 2. The average Bonchev–Trinajstić information content (AvgIpc) is 2.94. The molecular formula is C14H27NO2. The van der Waals surface area contributed by atoms with Crippen LogP contribution in [0.25, 0.3) is 0 Å². The van der Waals surface area contributed by atoms with E-state index in [1.165, 1.54) is 32.1 Å². The molecule has 0 heterocycles. The molecule has 3 heteroatoms. The minimum atomic E-state index is 0.466. The summed E-state index contributed by atoms with van der Waals surface area (Å²) in [4.78, 5) is 0. The lowest BCUT2D eigenvalue weighted by atomic mass is 9.70. The van der Waals surface area contributed by atoms with Gasteiger partial charge in [-0.2, -0.15) is 0 Å². The summed E-state index contributed by atoms with van der Waals surface area (Å²) < 4.78 is 10.5. The molecule has 17 heavy (non-hydrogen) atoms. The first-order chi connectivity index (χ1) is 8.30. The van der Waals surface area contributed by atoms with Gasteiger partial charge >= 0.3 is 0 Å². The van der Waals surface area contributed by atoms with E-state index >= 15 is 0 Å². The Morgan fingerprint density at radius 3 is 2.71 bits per heavy atom. The maximum atomic E-state index is 6.06. The standard InChI is InChI=1S/C14H27NO2/c1-16-7-8-17-6-2-5-14(11-15)10-12-3-4-13(14)9-12/h12-13H,2-11,15H2,1H3. The third kappa shape index (κ3) is 3.01. The van der Waals surface area contributed by atoms with Crippen molar-refractivity contribution in [3.8, 4) is 0 Å². The van der Waals surface area contributed by atoms with Crippen molar-refractivity contribution >= 4 is 0 Å². The summed E-state index contributed by atoms with van der Waals surface area (Å²) in [5.74, 6) is 1.90. The summed E-state index contributed by atoms with van der Waals surface area (Å²) in [6.07, 6.45) is 8.12. The first-order valence-electron chi connectivity index (χ1n) is 7.07. The Bertz CT molecular complexity index is 234. The van der Waals surface area contributed by atoms with Crippen molar-refractivity contribution in [1.82, 2.24) is 0 Å². The minimum absolute atomic E-state index is 0.466. The molecule has 3 atom stereocenters. The Morgan fingerprint density at radius 2 is 2.12 bits per heavy atom. The van der Waals surface area contributed by atoms with E-state index in [-0.39, 0.29) is 0 Å². The molecule has 3 nitrogen and oxygen atoms in total. The van der Waals surface area contributed by atoms with Crippen LogP contribution in [0.1, 0.15) is 38.5 Å². The van der Waals surface area contributed by atoms with Gasteiger partial charge in [-0.25, -0.2) is 0 Å². The zero-order valence-corrected chi connectivity index (χ0v) is 11.1. The summed E-state index contributed by atoms with van der Waals surface area (Å²) >= 11 is 0. The van der Waals surface area contributed by atoms with Gasteiger partial charge in [-0.05, 0) is 55.9 Å². The molecule has 2 aliphatic rings. The van der Waals surface area contributed by atoms with E-state index in [9.17, 15) is 0 Å². The molecule has 2 rings (SSSR count). The molecular weight excluding hydrogens is 214 g/mol. The molecule has 0 aliphatic heterocycles. The summed E-state index contributed by atoms with van der Waals surface area (Å²) in [6.45, 7) is 3.17. The predicted molar refractivity (Wildman–Crippen MR) is 68.9 cm³/mol. The van der Waals surface area contributed by atoms with Gasteiger partial charge in [0.1, 0.15) is 0 Å². The van der Waals surface area contributed by atoms with E-state index in [2.05, 4.69) is 0 Å². The van der Waals surface area contributed by atoms with Gasteiger partial charge in [0, 0.05) is 13.7 Å². The molecule has 0 aromatic rings. The van der Waals surface area contributed by atoms with Crippen molar-refractivity contribution in [3.63, 3.8) is 0 Å². The van der Waals surface area contributed by atoms with Crippen LogP contribution in [0.2, 0.25) is 0 Å². The molecule has 0 saturated heterocycles. The highest BCUT2D eigenvalue weighted by Crippen LogP contribution is 2.57. The second kappa shape index (κ2) is 6.17. The largest absolute Gasteiger partial charge is 0.382 e. The van der Waals surface area contributed by atoms with E-state index in [1.807, 2.05) is 0 Å². The number of hydrogen-bond acceptors (Lipinski definition) is 3. The van der Waals surface area contributed by atoms with Gasteiger partial charge < -0.3 is 15.2 Å². The zero-order valence-electron chi connectivity index (χ0n) is 11.1. The Hall–Kier alpha value is -0.120. The van der Waals surface area contributed by atoms with Crippen LogP contribution in [0.4, 0.5) is 0 Å². The fourth-order valence-electron chi connectivity index (χ4n) is 3.99. The van der Waals surface area contributed by atoms with Gasteiger partial charge in [0.2, 0.25) is 0 Å². The van der Waals surface area contributed by atoms with Crippen LogP contribution in [0.15, 0.2) is 0 Å². The van der Waals surface area contributed by atoms with Gasteiger partial charge in [0.25, 0.3) is 0 Å². The van der Waals surface area contributed by atoms with Crippen molar-refractivity contribution < 1.29 is 9.47 Å². The molecule has 2 N–H and O–H groups in total. The van der Waals surface area contributed by atoms with Crippen molar-refractivity contribution in [2.24, 2.45) is 23.0 Å². The second-order valence-electron chi connectivity index (χ2n) is 5.86. The van der Waals surface area contributed by atoms with Crippen molar-refractivity contribution in [3.05, 3.63) is 0 Å². The summed E-state index contributed by atoms with van der Waals surface area (Å²) in [5, 5.41) is 0. The summed E-state index contributed by atoms with van der Waals surface area (Å²) in [5.41, 5.74) is 6.52. The van der Waals surface area contributed by atoms with Crippen LogP contribution >= 0.6 is 0 Å². The van der Waals surface area contributed by atoms with Crippen LogP contribution in [-0.2, 0) is 9.47 Å². The van der Waals surface area contributed by atoms with E-state index in [1.54, 1.807) is 7.11 Å². The predicted octanol–water partition coefficient (Wildman–Crippen LogP) is 2.19. The van der Waals surface area contributed by atoms with Crippen LogP contribution in [0, 0.1) is 17.3 Å². The Kier molecular flexibility index (Phi) is 4.83. The monoisotopic (exact) mass is 241 g/mol. The number of rotatable bonds is 8. The third-order valence-electron chi connectivity index (χ3n) is 4.90. The van der Waals surface area contributed by atoms with Crippen LogP contribution < -0.4 is 5.73 Å². The Balaban J connectivity index is 1.66. The van der Waals surface area contributed by atoms with Crippen molar-refractivity contribution in [1.29, 1.82) is 0 Å². The highest BCUT2D eigenvalue weighted by atomic mass is 16.5. The van der Waals surface area contributed by atoms with Gasteiger partial charge in [-0.1, -0.05) is 6.42 Å². The minimum Gasteiger partial charge on any atom is -0.382 e. The lowest BCUT2D eigenvalue weighted by Gasteiger charge is -2.37. The highest BCUT2D eigenvalue weighted by molar-refractivity contribution is 5.00. The van der Waals surface area contributed by atoms with E-state index in [0.717, 1.165) is 38.0 Å². The first kappa shape index (κ1) is 13.3. The second-order valence-corrected chi connectivity index (χ2v) is 5.86. The summed E-state index contributed by atoms with van der Waals surface area (Å²) in [7, 11) is 1.71. The van der Waals surface area contributed by atoms with Gasteiger partial charge in [0.15, 0.2) is 0 Å². The van der Waals surface area contributed by atoms with Gasteiger partial charge in [-0.3, -0.25) is 0 Å². The molecule has 2 fully saturated rings. The van der Waals surface area contributed by atoms with Crippen molar-refractivity contribution in [2.45, 2.75) is 38.5 Å². The Labute approximate surface area is 105 Å². The lowest BCUT2D eigenvalue weighted by molar-refractivity contribution is 0.0582. The number of methoxy groups -OCH3 is 1. The lowest BCUT2D eigenvalue weighted by Crippen LogP contribution is -2.36. The maximum Gasteiger partial charge on any atom is 0.0700 e. The van der Waals surface area contributed by atoms with Crippen molar-refractivity contribution in [2.75, 3.05) is 33.5 Å². The van der Waals surface area contributed by atoms with E-state index in [0.29, 0.717) is 12.0 Å². The molecule has 0 radical (unpaired) electrons. The fraction of sp³-hybridized carbons (Fsp3) is 1.00. The molecule has 2 saturated carbocycles. The molecule has 2 aliphatic carbocycles. The molecule has 3 unspecified atom stereocenters. The van der Waals surface area contributed by atoms with Gasteiger partial charge in [-0.15, -0.1) is 0 Å². The normalized spacial score (nSPS) is 35.6. The van der Waals surface area contributed by atoms with E-state index in [4.69, 9.17) is 15.2 Å². The smallest absolute Gasteiger partial charge is 0.0700 e. The molecule has 2 bridgehead atoms. The SMILES string of the molecule is COCCOCCCC1(CN)CC2CCC1C2. The van der Waals surface area contributed by atoms with E-state index < -0.39 is 0 Å². The Morgan fingerprint density at radius 1 is 1.24 bits per heavy atom. The molecule has 100 valence electrons. The first-order valence-corrected chi connectivity index (χ1v) is 7.07. The third-order valence-corrected chi connectivity index (χ3v) is 4.90. The highest BCUT2D eigenvalue weighted by Gasteiger charge is 2.49. The fourth-order valence-corrected chi connectivity index (χ4v) is 3.99. The molecule has 0 spiro atoms. The quantitative estimate of drug-likeness (QED) is 0.663. The summed E-state index contributed by atoms with van der Waals surface area (Å²) in [6, 6.07) is 0. The van der Waals surface area contributed by atoms with Crippen LogP contribution in [-0.4, -0.2) is 33.5 Å².